The molecule has 0 radical (unpaired) electrons. The van der Waals surface area contributed by atoms with Gasteiger partial charge in [-0.2, -0.15) is 0 Å². The summed E-state index contributed by atoms with van der Waals surface area (Å²) in [6, 6.07) is 7.87. The first kappa shape index (κ1) is 12.6. The van der Waals surface area contributed by atoms with E-state index in [0.29, 0.717) is 0 Å². The highest BCUT2D eigenvalue weighted by molar-refractivity contribution is 9.10. The Morgan fingerprint density at radius 2 is 1.87 bits per heavy atom. The van der Waals surface area contributed by atoms with Crippen LogP contribution < -0.4 is 5.73 Å². The molecule has 1 aromatic carbocycles. The smallest absolute Gasteiger partial charge is 0.0858 e. The molecule has 0 aliphatic heterocycles. The number of halogens is 1. The van der Waals surface area contributed by atoms with Gasteiger partial charge < -0.3 is 15.7 Å². The molecule has 0 saturated heterocycles. The van der Waals surface area contributed by atoms with Gasteiger partial charge in [-0.25, -0.2) is 0 Å². The lowest BCUT2D eigenvalue weighted by atomic mass is 10.0. The fourth-order valence-corrected chi connectivity index (χ4v) is 1.92. The van der Waals surface area contributed by atoms with Gasteiger partial charge in [0.15, 0.2) is 0 Å². The molecule has 0 fully saturated rings. The van der Waals surface area contributed by atoms with Crippen LogP contribution in [0, 0.1) is 0 Å². The summed E-state index contributed by atoms with van der Waals surface area (Å²) >= 11 is 3.38. The normalized spacial score (nSPS) is 15.3. The highest BCUT2D eigenvalue weighted by Crippen LogP contribution is 2.23. The van der Waals surface area contributed by atoms with E-state index in [1.165, 1.54) is 0 Å². The van der Waals surface area contributed by atoms with Crippen molar-refractivity contribution in [3.05, 3.63) is 34.3 Å². The Kier molecular flexibility index (Phi) is 4.73. The second-order valence-corrected chi connectivity index (χ2v) is 4.68. The fraction of sp³-hybridized carbons (Fsp3) is 0.455. The first-order valence-corrected chi connectivity index (χ1v) is 5.65. The van der Waals surface area contributed by atoms with Crippen LogP contribution in [0.4, 0.5) is 0 Å². The Labute approximate surface area is 99.0 Å². The number of hydrogen-bond donors (Lipinski definition) is 2. The van der Waals surface area contributed by atoms with E-state index in [4.69, 9.17) is 5.73 Å². The molecule has 0 saturated carbocycles. The largest absolute Gasteiger partial charge is 0.390 e. The van der Waals surface area contributed by atoms with Crippen LogP contribution >= 0.6 is 15.9 Å². The first-order valence-electron chi connectivity index (χ1n) is 4.86. The molecule has 1 aromatic rings. The zero-order valence-electron chi connectivity index (χ0n) is 9.02. The zero-order chi connectivity index (χ0) is 11.4. The third-order valence-corrected chi connectivity index (χ3v) is 2.90. The molecule has 0 aromatic heterocycles. The molecule has 84 valence electrons. The van der Waals surface area contributed by atoms with E-state index in [1.807, 2.05) is 43.3 Å². The zero-order valence-corrected chi connectivity index (χ0v) is 10.6. The van der Waals surface area contributed by atoms with Crippen molar-refractivity contribution in [3.63, 3.8) is 0 Å². The quantitative estimate of drug-likeness (QED) is 0.871. The molecule has 1 rings (SSSR count). The summed E-state index contributed by atoms with van der Waals surface area (Å²) in [6.45, 7) is 0.263. The third kappa shape index (κ3) is 3.28. The van der Waals surface area contributed by atoms with E-state index in [1.54, 1.807) is 0 Å². The minimum Gasteiger partial charge on any atom is -0.390 e. The van der Waals surface area contributed by atoms with Crippen LogP contribution in [0.2, 0.25) is 0 Å². The van der Waals surface area contributed by atoms with Crippen molar-refractivity contribution in [2.75, 3.05) is 20.6 Å². The van der Waals surface area contributed by atoms with E-state index in [9.17, 15) is 5.11 Å². The summed E-state index contributed by atoms with van der Waals surface area (Å²) in [5, 5.41) is 9.83. The minimum atomic E-state index is -0.541. The van der Waals surface area contributed by atoms with Crippen LogP contribution in [0.1, 0.15) is 11.6 Å². The average molecular weight is 273 g/mol. The molecule has 2 atom stereocenters. The summed E-state index contributed by atoms with van der Waals surface area (Å²) in [5.41, 5.74) is 6.56. The summed E-state index contributed by atoms with van der Waals surface area (Å²) in [4.78, 5) is 1.97. The fourth-order valence-electron chi connectivity index (χ4n) is 1.65. The second-order valence-electron chi connectivity index (χ2n) is 3.76. The van der Waals surface area contributed by atoms with E-state index in [2.05, 4.69) is 15.9 Å². The second kappa shape index (κ2) is 5.61. The molecule has 0 bridgehead atoms. The van der Waals surface area contributed by atoms with Gasteiger partial charge in [0.2, 0.25) is 0 Å². The SMILES string of the molecule is CN(C)C(c1ccc(Br)cc1)C(O)CN. The molecule has 0 aliphatic rings. The van der Waals surface area contributed by atoms with Crippen LogP contribution in [-0.4, -0.2) is 36.8 Å². The molecule has 3 N–H and O–H groups in total. The molecular weight excluding hydrogens is 256 g/mol. The number of aliphatic hydroxyl groups is 1. The lowest BCUT2D eigenvalue weighted by Crippen LogP contribution is -2.36. The van der Waals surface area contributed by atoms with Gasteiger partial charge in [-0.3, -0.25) is 0 Å². The van der Waals surface area contributed by atoms with Crippen molar-refractivity contribution in [2.45, 2.75) is 12.1 Å². The Hall–Kier alpha value is -0.420. The van der Waals surface area contributed by atoms with Gasteiger partial charge in [0.1, 0.15) is 0 Å². The number of aliphatic hydroxyl groups excluding tert-OH is 1. The Morgan fingerprint density at radius 3 is 2.27 bits per heavy atom. The lowest BCUT2D eigenvalue weighted by Gasteiger charge is -2.28. The molecule has 3 nitrogen and oxygen atoms in total. The summed E-state index contributed by atoms with van der Waals surface area (Å²) in [6.07, 6.45) is -0.541. The maximum atomic E-state index is 9.83. The molecule has 0 heterocycles. The van der Waals surface area contributed by atoms with Crippen molar-refractivity contribution in [2.24, 2.45) is 5.73 Å². The highest BCUT2D eigenvalue weighted by Gasteiger charge is 2.21. The van der Waals surface area contributed by atoms with Crippen LogP contribution in [0.3, 0.4) is 0 Å². The molecule has 0 aliphatic carbocycles. The van der Waals surface area contributed by atoms with Crippen molar-refractivity contribution < 1.29 is 5.11 Å². The monoisotopic (exact) mass is 272 g/mol. The number of benzene rings is 1. The number of nitrogens with zero attached hydrogens (tertiary/aromatic N) is 1. The number of hydrogen-bond acceptors (Lipinski definition) is 3. The van der Waals surface area contributed by atoms with Crippen LogP contribution in [0.5, 0.6) is 0 Å². The maximum Gasteiger partial charge on any atom is 0.0858 e. The lowest BCUT2D eigenvalue weighted by molar-refractivity contribution is 0.0823. The minimum absolute atomic E-state index is 0.0527. The third-order valence-electron chi connectivity index (χ3n) is 2.37. The molecule has 15 heavy (non-hydrogen) atoms. The number of likely N-dealkylation sites (N-methyl/N-ethyl adjacent to an activating group) is 1. The van der Waals surface area contributed by atoms with Crippen LogP contribution in [0.15, 0.2) is 28.7 Å². The topological polar surface area (TPSA) is 49.5 Å². The molecule has 4 heteroatoms. The summed E-state index contributed by atoms with van der Waals surface area (Å²) < 4.78 is 1.03. The molecule has 0 amide bonds. The van der Waals surface area contributed by atoms with Crippen molar-refractivity contribution in [1.82, 2.24) is 4.90 Å². The van der Waals surface area contributed by atoms with Gasteiger partial charge in [-0.1, -0.05) is 28.1 Å². The van der Waals surface area contributed by atoms with E-state index in [0.717, 1.165) is 10.0 Å². The molecule has 2 unspecified atom stereocenters. The molecule has 0 spiro atoms. The van der Waals surface area contributed by atoms with E-state index in [-0.39, 0.29) is 12.6 Å². The Morgan fingerprint density at radius 1 is 1.33 bits per heavy atom. The number of nitrogens with two attached hydrogens (primary N) is 1. The van der Waals surface area contributed by atoms with Gasteiger partial charge in [0.05, 0.1) is 12.1 Å². The number of rotatable bonds is 4. The summed E-state index contributed by atoms with van der Waals surface area (Å²) in [7, 11) is 3.87. The predicted molar refractivity (Wildman–Crippen MR) is 65.6 cm³/mol. The average Bonchev–Trinajstić information content (AvgIpc) is 2.20. The highest BCUT2D eigenvalue weighted by atomic mass is 79.9. The Balaban J connectivity index is 2.94. The van der Waals surface area contributed by atoms with Gasteiger partial charge in [-0.15, -0.1) is 0 Å². The standard InChI is InChI=1S/C11H17BrN2O/c1-14(2)11(10(15)7-13)8-3-5-9(12)6-4-8/h3-6,10-11,15H,7,13H2,1-2H3. The van der Waals surface area contributed by atoms with Gasteiger partial charge in [0, 0.05) is 11.0 Å². The van der Waals surface area contributed by atoms with E-state index < -0.39 is 6.10 Å². The van der Waals surface area contributed by atoms with Crippen molar-refractivity contribution in [3.8, 4) is 0 Å². The van der Waals surface area contributed by atoms with Crippen molar-refractivity contribution in [1.29, 1.82) is 0 Å². The first-order chi connectivity index (χ1) is 7.06. The maximum absolute atomic E-state index is 9.83. The predicted octanol–water partition coefficient (Wildman–Crippen LogP) is 1.37. The van der Waals surface area contributed by atoms with Gasteiger partial charge in [-0.05, 0) is 31.8 Å². The molecular formula is C11H17BrN2O. The van der Waals surface area contributed by atoms with Gasteiger partial charge >= 0.3 is 0 Å². The summed E-state index contributed by atoms with van der Waals surface area (Å²) in [5.74, 6) is 0. The van der Waals surface area contributed by atoms with E-state index >= 15 is 0 Å². The van der Waals surface area contributed by atoms with Crippen LogP contribution in [0.25, 0.3) is 0 Å². The van der Waals surface area contributed by atoms with Crippen LogP contribution in [-0.2, 0) is 0 Å². The van der Waals surface area contributed by atoms with Crippen molar-refractivity contribution >= 4 is 15.9 Å². The Bertz CT molecular complexity index is 300. The van der Waals surface area contributed by atoms with Gasteiger partial charge in [0.25, 0.3) is 0 Å².